The number of hydrogen-bond acceptors (Lipinski definition) is 5. The summed E-state index contributed by atoms with van der Waals surface area (Å²) in [5.74, 6) is 0. The Hall–Kier alpha value is -2.02. The average molecular weight is 418 g/mol. The number of halogens is 1. The van der Waals surface area contributed by atoms with Crippen LogP contribution in [-0.4, -0.2) is 54.1 Å². The van der Waals surface area contributed by atoms with Crippen molar-refractivity contribution in [3.8, 4) is 0 Å². The zero-order valence-corrected chi connectivity index (χ0v) is 17.5. The molecule has 0 bridgehead atoms. The molecular weight excluding hydrogens is 394 g/mol. The number of amides is 1. The van der Waals surface area contributed by atoms with E-state index in [2.05, 4.69) is 41.1 Å². The molecule has 7 heteroatoms. The molecule has 0 atom stereocenters. The van der Waals surface area contributed by atoms with Crippen molar-refractivity contribution >= 4 is 29.0 Å². The topological polar surface area (TPSA) is 36.0 Å². The third-order valence-corrected chi connectivity index (χ3v) is 6.37. The minimum Gasteiger partial charge on any atom is -0.444 e. The van der Waals surface area contributed by atoms with Crippen molar-refractivity contribution in [1.82, 2.24) is 14.7 Å². The van der Waals surface area contributed by atoms with Crippen LogP contribution in [0.3, 0.4) is 0 Å². The maximum absolute atomic E-state index is 12.5. The first-order chi connectivity index (χ1) is 13.6. The number of thiophene rings is 1. The summed E-state index contributed by atoms with van der Waals surface area (Å²) in [5.41, 5.74) is 3.99. The molecule has 5 nitrogen and oxygen atoms in total. The second-order valence-electron chi connectivity index (χ2n) is 7.29. The molecule has 0 radical (unpaired) electrons. The molecule has 28 heavy (non-hydrogen) atoms. The molecule has 2 aliphatic rings. The van der Waals surface area contributed by atoms with Crippen molar-refractivity contribution in [2.75, 3.05) is 33.4 Å². The van der Waals surface area contributed by atoms with Gasteiger partial charge in [-0.25, -0.2) is 4.79 Å². The molecule has 0 N–H and O–H groups in total. The van der Waals surface area contributed by atoms with Gasteiger partial charge in [0.15, 0.2) is 0 Å². The highest BCUT2D eigenvalue weighted by Gasteiger charge is 2.30. The van der Waals surface area contributed by atoms with Crippen molar-refractivity contribution in [3.63, 3.8) is 0 Å². The lowest BCUT2D eigenvalue weighted by Crippen LogP contribution is -2.48. The van der Waals surface area contributed by atoms with E-state index in [1.165, 1.54) is 28.2 Å². The van der Waals surface area contributed by atoms with Crippen LogP contribution in [0.15, 0.2) is 53.7 Å². The van der Waals surface area contributed by atoms with E-state index >= 15 is 0 Å². The van der Waals surface area contributed by atoms with Gasteiger partial charge in [-0.3, -0.25) is 4.90 Å². The van der Waals surface area contributed by atoms with Crippen molar-refractivity contribution < 1.29 is 9.53 Å². The lowest BCUT2D eigenvalue weighted by molar-refractivity contribution is 0.0878. The Morgan fingerprint density at radius 2 is 2.00 bits per heavy atom. The third-order valence-electron chi connectivity index (χ3n) is 5.17. The molecule has 0 unspecified atom stereocenters. The number of carbonyl (C=O) groups is 1. The predicted octanol–water partition coefficient (Wildman–Crippen LogP) is 4.40. The van der Waals surface area contributed by atoms with Gasteiger partial charge >= 0.3 is 6.09 Å². The van der Waals surface area contributed by atoms with Crippen LogP contribution in [0.25, 0.3) is 0 Å². The summed E-state index contributed by atoms with van der Waals surface area (Å²) in [7, 11) is 2.14. The summed E-state index contributed by atoms with van der Waals surface area (Å²) in [4.78, 5) is 20.0. The molecule has 0 saturated carbocycles. The van der Waals surface area contributed by atoms with Crippen LogP contribution in [0.1, 0.15) is 16.9 Å². The fraction of sp³-hybridized carbons (Fsp3) is 0.381. The van der Waals surface area contributed by atoms with Crippen LogP contribution < -0.4 is 0 Å². The molecule has 0 aliphatic carbocycles. The van der Waals surface area contributed by atoms with Crippen molar-refractivity contribution in [2.24, 2.45) is 0 Å². The van der Waals surface area contributed by atoms with E-state index in [4.69, 9.17) is 16.3 Å². The SMILES string of the molecule is CN1CN(Cc2ccccc2)CC2=C1CCN(C(=O)OCc1ccc(Cl)s1)C2. The summed E-state index contributed by atoms with van der Waals surface area (Å²) >= 11 is 7.38. The maximum atomic E-state index is 12.5. The maximum Gasteiger partial charge on any atom is 0.410 e. The largest absolute Gasteiger partial charge is 0.444 e. The van der Waals surface area contributed by atoms with Gasteiger partial charge in [0.2, 0.25) is 0 Å². The number of nitrogens with zero attached hydrogens (tertiary/aromatic N) is 3. The average Bonchev–Trinajstić information content (AvgIpc) is 3.11. The number of rotatable bonds is 4. The molecule has 1 aromatic carbocycles. The first-order valence-corrected chi connectivity index (χ1v) is 10.6. The monoisotopic (exact) mass is 417 g/mol. The van der Waals surface area contributed by atoms with Crippen LogP contribution in [0.2, 0.25) is 4.34 Å². The summed E-state index contributed by atoms with van der Waals surface area (Å²) in [6, 6.07) is 14.2. The van der Waals surface area contributed by atoms with Crippen LogP contribution in [-0.2, 0) is 17.9 Å². The van der Waals surface area contributed by atoms with Gasteiger partial charge in [-0.05, 0) is 23.3 Å². The summed E-state index contributed by atoms with van der Waals surface area (Å²) < 4.78 is 6.21. The highest BCUT2D eigenvalue weighted by Crippen LogP contribution is 2.27. The summed E-state index contributed by atoms with van der Waals surface area (Å²) in [6.45, 7) is 4.32. The standard InChI is InChI=1S/C21H24ClN3O2S/c1-23-15-24(11-16-5-3-2-4-6-16)12-17-13-25(10-9-19(17)23)21(26)27-14-18-7-8-20(22)28-18/h2-8H,9-15H2,1H3. The number of benzene rings is 1. The molecule has 1 amide bonds. The molecule has 3 heterocycles. The number of ether oxygens (including phenoxy) is 1. The second-order valence-corrected chi connectivity index (χ2v) is 9.09. The normalized spacial score (nSPS) is 17.6. The first-order valence-electron chi connectivity index (χ1n) is 9.43. The first kappa shape index (κ1) is 19.3. The number of hydrogen-bond donors (Lipinski definition) is 0. The van der Waals surface area contributed by atoms with E-state index in [0.717, 1.165) is 31.1 Å². The van der Waals surface area contributed by atoms with Crippen molar-refractivity contribution in [3.05, 3.63) is 68.5 Å². The Kier molecular flexibility index (Phi) is 5.90. The summed E-state index contributed by atoms with van der Waals surface area (Å²) in [6.07, 6.45) is 0.629. The quantitative estimate of drug-likeness (QED) is 0.738. The van der Waals surface area contributed by atoms with Crippen molar-refractivity contribution in [1.29, 1.82) is 0 Å². The highest BCUT2D eigenvalue weighted by atomic mass is 35.5. The fourth-order valence-electron chi connectivity index (χ4n) is 3.88. The Balaban J connectivity index is 1.36. The Labute approximate surface area is 174 Å². The Morgan fingerprint density at radius 3 is 2.75 bits per heavy atom. The molecular formula is C21H24ClN3O2S. The Morgan fingerprint density at radius 1 is 1.18 bits per heavy atom. The Bertz CT molecular complexity index is 868. The molecule has 148 valence electrons. The molecule has 2 aliphatic heterocycles. The molecule has 2 aromatic rings. The summed E-state index contributed by atoms with van der Waals surface area (Å²) in [5, 5.41) is 0. The van der Waals surface area contributed by atoms with Crippen molar-refractivity contribution in [2.45, 2.75) is 19.6 Å². The lowest BCUT2D eigenvalue weighted by atomic mass is 10.0. The van der Waals surface area contributed by atoms with Crippen LogP contribution in [0, 0.1) is 0 Å². The van der Waals surface area contributed by atoms with Crippen LogP contribution >= 0.6 is 22.9 Å². The molecule has 4 rings (SSSR count). The smallest absolute Gasteiger partial charge is 0.410 e. The minimum absolute atomic E-state index is 0.251. The fourth-order valence-corrected chi connectivity index (χ4v) is 4.88. The van der Waals surface area contributed by atoms with Gasteiger partial charge in [-0.1, -0.05) is 41.9 Å². The van der Waals surface area contributed by atoms with E-state index in [0.29, 0.717) is 17.4 Å². The van der Waals surface area contributed by atoms with Crippen LogP contribution in [0.5, 0.6) is 0 Å². The van der Waals surface area contributed by atoms with E-state index in [9.17, 15) is 4.79 Å². The molecule has 0 saturated heterocycles. The van der Waals surface area contributed by atoms with Gasteiger partial charge in [0, 0.05) is 50.2 Å². The van der Waals surface area contributed by atoms with E-state index in [1.807, 2.05) is 23.1 Å². The van der Waals surface area contributed by atoms with Gasteiger partial charge in [-0.15, -0.1) is 11.3 Å². The second kappa shape index (κ2) is 8.55. The molecule has 0 spiro atoms. The lowest BCUT2D eigenvalue weighted by Gasteiger charge is -2.42. The van der Waals surface area contributed by atoms with E-state index < -0.39 is 0 Å². The van der Waals surface area contributed by atoms with Gasteiger partial charge in [0.1, 0.15) is 6.61 Å². The van der Waals surface area contributed by atoms with E-state index in [-0.39, 0.29) is 12.7 Å². The molecule has 0 fully saturated rings. The number of carbonyl (C=O) groups excluding carboxylic acids is 1. The third kappa shape index (κ3) is 4.51. The highest BCUT2D eigenvalue weighted by molar-refractivity contribution is 7.16. The van der Waals surface area contributed by atoms with E-state index in [1.54, 1.807) is 0 Å². The zero-order valence-electron chi connectivity index (χ0n) is 15.9. The molecule has 1 aromatic heterocycles. The van der Waals surface area contributed by atoms with Gasteiger partial charge in [-0.2, -0.15) is 0 Å². The minimum atomic E-state index is -0.251. The van der Waals surface area contributed by atoms with Gasteiger partial charge in [0.05, 0.1) is 11.0 Å². The zero-order chi connectivity index (χ0) is 19.5. The predicted molar refractivity (Wildman–Crippen MR) is 112 cm³/mol. The van der Waals surface area contributed by atoms with Gasteiger partial charge < -0.3 is 14.5 Å². The van der Waals surface area contributed by atoms with Crippen LogP contribution in [0.4, 0.5) is 4.79 Å². The van der Waals surface area contributed by atoms with Gasteiger partial charge in [0.25, 0.3) is 0 Å².